The molecule has 4 unspecified atom stereocenters. The molecule has 0 aromatic rings. The first kappa shape index (κ1) is 13.3. The first-order valence-corrected chi connectivity index (χ1v) is 6.46. The summed E-state index contributed by atoms with van der Waals surface area (Å²) in [5, 5.41) is 11.8. The maximum Gasteiger partial charge on any atom is 0.311 e. The van der Waals surface area contributed by atoms with Crippen LogP contribution in [-0.4, -0.2) is 42.3 Å². The van der Waals surface area contributed by atoms with Crippen LogP contribution in [0.3, 0.4) is 0 Å². The highest BCUT2D eigenvalue weighted by molar-refractivity contribution is 5.81. The van der Waals surface area contributed by atoms with Crippen LogP contribution < -0.4 is 11.1 Å². The number of hydrogen-bond acceptors (Lipinski definition) is 4. The summed E-state index contributed by atoms with van der Waals surface area (Å²) in [6.07, 6.45) is 3.73. The third-order valence-electron chi connectivity index (χ3n) is 3.88. The van der Waals surface area contributed by atoms with Gasteiger partial charge >= 0.3 is 5.97 Å². The Morgan fingerprint density at radius 3 is 2.56 bits per heavy atom. The average molecular weight is 256 g/mol. The van der Waals surface area contributed by atoms with E-state index in [1.165, 1.54) is 0 Å². The first-order chi connectivity index (χ1) is 8.59. The number of carboxylic acid groups (broad SMARTS) is 1. The molecule has 1 heterocycles. The van der Waals surface area contributed by atoms with E-state index < -0.39 is 17.9 Å². The van der Waals surface area contributed by atoms with Gasteiger partial charge in [0.15, 0.2) is 0 Å². The number of carboxylic acids is 1. The number of amides is 1. The minimum atomic E-state index is -0.925. The molecule has 2 fully saturated rings. The summed E-state index contributed by atoms with van der Waals surface area (Å²) in [6.45, 7) is 0.432. The van der Waals surface area contributed by atoms with Crippen molar-refractivity contribution < 1.29 is 19.4 Å². The van der Waals surface area contributed by atoms with Crippen molar-refractivity contribution in [1.82, 2.24) is 5.32 Å². The highest BCUT2D eigenvalue weighted by Gasteiger charge is 2.37. The average Bonchev–Trinajstić information content (AvgIpc) is 2.77. The highest BCUT2D eigenvalue weighted by Crippen LogP contribution is 2.24. The van der Waals surface area contributed by atoms with Crippen molar-refractivity contribution in [3.8, 4) is 0 Å². The van der Waals surface area contributed by atoms with Crippen molar-refractivity contribution in [3.05, 3.63) is 0 Å². The summed E-state index contributed by atoms with van der Waals surface area (Å²) in [5.74, 6) is -1.88. The summed E-state index contributed by atoms with van der Waals surface area (Å²) >= 11 is 0. The second-order valence-corrected chi connectivity index (χ2v) is 5.15. The van der Waals surface area contributed by atoms with E-state index in [2.05, 4.69) is 5.32 Å². The monoisotopic (exact) mass is 256 g/mol. The van der Waals surface area contributed by atoms with Gasteiger partial charge < -0.3 is 20.9 Å². The van der Waals surface area contributed by atoms with Crippen molar-refractivity contribution in [2.75, 3.05) is 13.2 Å². The Hall–Kier alpha value is -1.14. The number of carbonyl (C=O) groups excluding carboxylic acids is 1. The van der Waals surface area contributed by atoms with Crippen LogP contribution in [0.15, 0.2) is 0 Å². The zero-order chi connectivity index (χ0) is 13.1. The van der Waals surface area contributed by atoms with E-state index in [4.69, 9.17) is 15.6 Å². The third-order valence-corrected chi connectivity index (χ3v) is 3.88. The van der Waals surface area contributed by atoms with Gasteiger partial charge in [0.2, 0.25) is 5.91 Å². The van der Waals surface area contributed by atoms with E-state index in [1.54, 1.807) is 0 Å². The zero-order valence-electron chi connectivity index (χ0n) is 10.3. The number of ether oxygens (including phenoxy) is 1. The maximum atomic E-state index is 12.1. The molecule has 0 bridgehead atoms. The number of hydrogen-bond donors (Lipinski definition) is 3. The van der Waals surface area contributed by atoms with E-state index in [9.17, 15) is 9.59 Å². The largest absolute Gasteiger partial charge is 0.481 e. The van der Waals surface area contributed by atoms with Crippen molar-refractivity contribution in [3.63, 3.8) is 0 Å². The van der Waals surface area contributed by atoms with E-state index in [0.717, 1.165) is 25.7 Å². The maximum absolute atomic E-state index is 12.1. The van der Waals surface area contributed by atoms with Crippen LogP contribution in [0.25, 0.3) is 0 Å². The molecule has 0 spiro atoms. The Bertz CT molecular complexity index is 334. The van der Waals surface area contributed by atoms with Crippen molar-refractivity contribution in [2.24, 2.45) is 17.6 Å². The molecule has 1 saturated carbocycles. The summed E-state index contributed by atoms with van der Waals surface area (Å²) in [4.78, 5) is 23.1. The van der Waals surface area contributed by atoms with Gasteiger partial charge in [-0.15, -0.1) is 0 Å². The molecular formula is C12H20N2O4. The summed E-state index contributed by atoms with van der Waals surface area (Å²) in [6, 6.07) is -0.534. The van der Waals surface area contributed by atoms with E-state index in [0.29, 0.717) is 0 Å². The molecule has 6 nitrogen and oxygen atoms in total. The van der Waals surface area contributed by atoms with Gasteiger partial charge in [0.1, 0.15) is 5.92 Å². The van der Waals surface area contributed by atoms with Crippen LogP contribution in [0.2, 0.25) is 0 Å². The number of aliphatic carboxylic acids is 1. The lowest BCUT2D eigenvalue weighted by molar-refractivity contribution is -0.142. The predicted octanol–water partition coefficient (Wildman–Crippen LogP) is -0.280. The number of nitrogens with two attached hydrogens (primary N) is 1. The minimum absolute atomic E-state index is 0.107. The highest BCUT2D eigenvalue weighted by atomic mass is 16.5. The van der Waals surface area contributed by atoms with Gasteiger partial charge in [-0.05, 0) is 12.8 Å². The van der Waals surface area contributed by atoms with Crippen LogP contribution in [0, 0.1) is 11.8 Å². The predicted molar refractivity (Wildman–Crippen MR) is 63.8 cm³/mol. The standard InChI is InChI=1S/C12H20N2O4/c13-9-4-2-1-3-7(9)11(15)14-10-6-18-5-8(10)12(16)17/h7-10H,1-6,13H2,(H,14,15)(H,16,17). The van der Waals surface area contributed by atoms with Gasteiger partial charge in [-0.25, -0.2) is 0 Å². The normalized spacial score (nSPS) is 36.3. The molecule has 2 aliphatic rings. The molecule has 1 amide bonds. The third kappa shape index (κ3) is 2.81. The lowest BCUT2D eigenvalue weighted by atomic mass is 9.84. The second kappa shape index (κ2) is 5.67. The lowest BCUT2D eigenvalue weighted by Crippen LogP contribution is -2.49. The molecule has 1 aliphatic carbocycles. The smallest absolute Gasteiger partial charge is 0.311 e. The first-order valence-electron chi connectivity index (χ1n) is 6.46. The molecule has 1 saturated heterocycles. The molecule has 0 aromatic heterocycles. The molecule has 102 valence electrons. The van der Waals surface area contributed by atoms with E-state index in [-0.39, 0.29) is 31.1 Å². The fourth-order valence-electron chi connectivity index (χ4n) is 2.71. The van der Waals surface area contributed by atoms with Gasteiger partial charge in [0.05, 0.1) is 25.2 Å². The minimum Gasteiger partial charge on any atom is -0.481 e. The van der Waals surface area contributed by atoms with Gasteiger partial charge in [0, 0.05) is 6.04 Å². The topological polar surface area (TPSA) is 102 Å². The molecule has 18 heavy (non-hydrogen) atoms. The second-order valence-electron chi connectivity index (χ2n) is 5.15. The molecule has 4 N–H and O–H groups in total. The van der Waals surface area contributed by atoms with Crippen molar-refractivity contribution >= 4 is 11.9 Å². The van der Waals surface area contributed by atoms with E-state index >= 15 is 0 Å². The Morgan fingerprint density at radius 1 is 1.17 bits per heavy atom. The molecule has 1 aliphatic heterocycles. The Kier molecular flexibility index (Phi) is 4.19. The molecular weight excluding hydrogens is 236 g/mol. The molecule has 6 heteroatoms. The van der Waals surface area contributed by atoms with Gasteiger partial charge in [-0.3, -0.25) is 9.59 Å². The molecule has 4 atom stereocenters. The van der Waals surface area contributed by atoms with Gasteiger partial charge in [0.25, 0.3) is 0 Å². The Morgan fingerprint density at radius 2 is 1.89 bits per heavy atom. The molecule has 0 radical (unpaired) electrons. The van der Waals surface area contributed by atoms with Crippen molar-refractivity contribution in [1.29, 1.82) is 0 Å². The Labute approximate surface area is 106 Å². The summed E-state index contributed by atoms with van der Waals surface area (Å²) < 4.78 is 5.12. The summed E-state index contributed by atoms with van der Waals surface area (Å²) in [7, 11) is 0. The van der Waals surface area contributed by atoms with Crippen LogP contribution in [0.5, 0.6) is 0 Å². The zero-order valence-corrected chi connectivity index (χ0v) is 10.3. The number of rotatable bonds is 3. The quantitative estimate of drug-likeness (QED) is 0.644. The molecule has 2 rings (SSSR count). The fraction of sp³-hybridized carbons (Fsp3) is 0.833. The SMILES string of the molecule is NC1CCCCC1C(=O)NC1COCC1C(=O)O. The van der Waals surface area contributed by atoms with Crippen LogP contribution in [0.4, 0.5) is 0 Å². The Balaban J connectivity index is 1.92. The van der Waals surface area contributed by atoms with Crippen LogP contribution >= 0.6 is 0 Å². The lowest BCUT2D eigenvalue weighted by Gasteiger charge is -2.29. The summed E-state index contributed by atoms with van der Waals surface area (Å²) in [5.41, 5.74) is 5.94. The van der Waals surface area contributed by atoms with E-state index in [1.807, 2.05) is 0 Å². The fourth-order valence-corrected chi connectivity index (χ4v) is 2.71. The number of carbonyl (C=O) groups is 2. The van der Waals surface area contributed by atoms with Crippen molar-refractivity contribution in [2.45, 2.75) is 37.8 Å². The van der Waals surface area contributed by atoms with Crippen LogP contribution in [0.1, 0.15) is 25.7 Å². The van der Waals surface area contributed by atoms with Crippen LogP contribution in [-0.2, 0) is 14.3 Å². The molecule has 0 aromatic carbocycles. The van der Waals surface area contributed by atoms with Gasteiger partial charge in [-0.1, -0.05) is 12.8 Å². The van der Waals surface area contributed by atoms with Gasteiger partial charge in [-0.2, -0.15) is 0 Å². The number of nitrogens with one attached hydrogen (secondary N) is 1.